The van der Waals surface area contributed by atoms with Crippen LogP contribution in [0, 0.1) is 25.7 Å². The highest BCUT2D eigenvalue weighted by Crippen LogP contribution is 2.28. The summed E-state index contributed by atoms with van der Waals surface area (Å²) in [5.41, 5.74) is 3.76. The Bertz CT molecular complexity index is 442. The molecule has 3 nitrogen and oxygen atoms in total. The van der Waals surface area contributed by atoms with Gasteiger partial charge in [0.15, 0.2) is 0 Å². The molecule has 0 radical (unpaired) electrons. The van der Waals surface area contributed by atoms with E-state index >= 15 is 0 Å². The van der Waals surface area contributed by atoms with Crippen molar-refractivity contribution in [3.8, 4) is 0 Å². The highest BCUT2D eigenvalue weighted by atomic mass is 16.5. The van der Waals surface area contributed by atoms with Gasteiger partial charge in [0.1, 0.15) is 5.76 Å². The molecule has 0 bridgehead atoms. The molecule has 0 saturated heterocycles. The number of hydrogen-bond donors (Lipinski definition) is 1. The molecule has 1 aromatic rings. The number of hydrogen-bond acceptors (Lipinski definition) is 3. The summed E-state index contributed by atoms with van der Waals surface area (Å²) in [6.07, 6.45) is 4.93. The maximum absolute atomic E-state index is 5.24. The fraction of sp³-hybridized carbons (Fsp3) is 0.688. The van der Waals surface area contributed by atoms with E-state index in [1.165, 1.54) is 24.0 Å². The highest BCUT2D eigenvalue weighted by Gasteiger charge is 2.20. The second-order valence-electron chi connectivity index (χ2n) is 6.16. The molecular formula is C16H26N2O. The van der Waals surface area contributed by atoms with E-state index in [1.54, 1.807) is 0 Å². The first kappa shape index (κ1) is 14.3. The van der Waals surface area contributed by atoms with Crippen LogP contribution < -0.4 is 5.32 Å². The molecule has 3 heteroatoms. The molecule has 2 rings (SSSR count). The highest BCUT2D eigenvalue weighted by molar-refractivity contribution is 5.24. The van der Waals surface area contributed by atoms with Gasteiger partial charge in [0.2, 0.25) is 0 Å². The van der Waals surface area contributed by atoms with Gasteiger partial charge in [0.25, 0.3) is 0 Å². The Balaban J connectivity index is 1.91. The minimum absolute atomic E-state index is 0.313. The predicted molar refractivity (Wildman–Crippen MR) is 78.0 cm³/mol. The van der Waals surface area contributed by atoms with Gasteiger partial charge in [-0.3, -0.25) is 0 Å². The summed E-state index contributed by atoms with van der Waals surface area (Å²) in [5, 5.41) is 7.68. The molecule has 1 aliphatic rings. The third kappa shape index (κ3) is 3.47. The van der Waals surface area contributed by atoms with Crippen molar-refractivity contribution in [1.82, 2.24) is 10.5 Å². The zero-order valence-electron chi connectivity index (χ0n) is 12.8. The van der Waals surface area contributed by atoms with E-state index in [0.29, 0.717) is 6.04 Å². The number of aryl methyl sites for hydroxylation is 2. The summed E-state index contributed by atoms with van der Waals surface area (Å²) in [4.78, 5) is 0. The number of nitrogens with one attached hydrogen (secondary N) is 1. The van der Waals surface area contributed by atoms with Gasteiger partial charge < -0.3 is 9.84 Å². The fourth-order valence-electron chi connectivity index (χ4n) is 3.40. The zero-order valence-corrected chi connectivity index (χ0v) is 12.8. The van der Waals surface area contributed by atoms with Crippen LogP contribution in [0.15, 0.2) is 16.2 Å². The molecule has 19 heavy (non-hydrogen) atoms. The first-order valence-electron chi connectivity index (χ1n) is 7.30. The average molecular weight is 262 g/mol. The largest absolute Gasteiger partial charge is 0.361 e. The number of rotatable bonds is 4. The van der Waals surface area contributed by atoms with Crippen LogP contribution in [0.5, 0.6) is 0 Å². The van der Waals surface area contributed by atoms with Gasteiger partial charge in [0.05, 0.1) is 5.69 Å². The van der Waals surface area contributed by atoms with Crippen molar-refractivity contribution in [3.63, 3.8) is 0 Å². The third-order valence-corrected chi connectivity index (χ3v) is 4.12. The summed E-state index contributed by atoms with van der Waals surface area (Å²) in [5.74, 6) is 2.41. The lowest BCUT2D eigenvalue weighted by Crippen LogP contribution is -2.28. The van der Waals surface area contributed by atoms with Gasteiger partial charge in [0, 0.05) is 11.6 Å². The first-order chi connectivity index (χ1) is 8.97. The lowest BCUT2D eigenvalue weighted by molar-refractivity contribution is 0.363. The molecule has 1 aromatic heterocycles. The molecule has 1 heterocycles. The maximum atomic E-state index is 5.24. The van der Waals surface area contributed by atoms with Crippen molar-refractivity contribution in [2.24, 2.45) is 11.8 Å². The number of nitrogens with zero attached hydrogens (tertiary/aromatic N) is 1. The van der Waals surface area contributed by atoms with E-state index in [2.05, 4.69) is 37.3 Å². The minimum Gasteiger partial charge on any atom is -0.361 e. The van der Waals surface area contributed by atoms with Crippen LogP contribution >= 0.6 is 0 Å². The maximum Gasteiger partial charge on any atom is 0.138 e. The normalized spacial score (nSPS) is 25.2. The summed E-state index contributed by atoms with van der Waals surface area (Å²) in [7, 11) is 0. The molecular weight excluding hydrogens is 236 g/mol. The van der Waals surface area contributed by atoms with Crippen LogP contribution in [-0.4, -0.2) is 11.7 Å². The monoisotopic (exact) mass is 262 g/mol. The lowest BCUT2D eigenvalue weighted by atomic mass is 9.83. The second kappa shape index (κ2) is 5.91. The van der Waals surface area contributed by atoms with Crippen LogP contribution in [0.1, 0.15) is 56.7 Å². The Morgan fingerprint density at radius 3 is 2.74 bits per heavy atom. The van der Waals surface area contributed by atoms with Gasteiger partial charge in [-0.15, -0.1) is 0 Å². The molecule has 1 aliphatic carbocycles. The first-order valence-corrected chi connectivity index (χ1v) is 7.30. The molecule has 0 aliphatic heterocycles. The quantitative estimate of drug-likeness (QED) is 0.835. The summed E-state index contributed by atoms with van der Waals surface area (Å²) in [6, 6.07) is 0.313. The zero-order chi connectivity index (χ0) is 14.0. The van der Waals surface area contributed by atoms with Gasteiger partial charge in [-0.05, 0) is 58.9 Å². The van der Waals surface area contributed by atoms with Gasteiger partial charge in [-0.25, -0.2) is 0 Å². The molecule has 106 valence electrons. The molecule has 0 spiro atoms. The lowest BCUT2D eigenvalue weighted by Gasteiger charge is -2.27. The Morgan fingerprint density at radius 2 is 2.16 bits per heavy atom. The summed E-state index contributed by atoms with van der Waals surface area (Å²) >= 11 is 0. The Kier molecular flexibility index (Phi) is 4.46. The minimum atomic E-state index is 0.313. The Labute approximate surface area is 116 Å². The Morgan fingerprint density at radius 1 is 1.42 bits per heavy atom. The van der Waals surface area contributed by atoms with Crippen molar-refractivity contribution in [1.29, 1.82) is 0 Å². The molecule has 3 atom stereocenters. The molecule has 3 unspecified atom stereocenters. The number of allylic oxidation sites excluding steroid dienone is 2. The van der Waals surface area contributed by atoms with Crippen LogP contribution in [0.2, 0.25) is 0 Å². The van der Waals surface area contributed by atoms with E-state index in [4.69, 9.17) is 4.52 Å². The average Bonchev–Trinajstić information content (AvgIpc) is 2.65. The predicted octanol–water partition coefficient (Wildman–Crippen LogP) is 3.93. The van der Waals surface area contributed by atoms with Crippen molar-refractivity contribution in [3.05, 3.63) is 28.7 Å². The van der Waals surface area contributed by atoms with Gasteiger partial charge in [-0.2, -0.15) is 0 Å². The Hall–Kier alpha value is -1.09. The molecule has 0 aromatic carbocycles. The van der Waals surface area contributed by atoms with Crippen molar-refractivity contribution < 1.29 is 4.52 Å². The van der Waals surface area contributed by atoms with Crippen LogP contribution in [0.3, 0.4) is 0 Å². The van der Waals surface area contributed by atoms with E-state index in [-0.39, 0.29) is 0 Å². The van der Waals surface area contributed by atoms with Crippen LogP contribution in [0.25, 0.3) is 0 Å². The molecule has 0 saturated carbocycles. The second-order valence-corrected chi connectivity index (χ2v) is 6.16. The van der Waals surface area contributed by atoms with Crippen LogP contribution in [0.4, 0.5) is 0 Å². The standard InChI is InChI=1S/C16H26N2O/c1-10-6-11(2)8-15(7-10)9-17-12(3)16-13(4)18-19-14(16)5/h6,10,12,15,17H,7-9H2,1-5H3. The van der Waals surface area contributed by atoms with E-state index in [1.807, 2.05) is 13.8 Å². The van der Waals surface area contributed by atoms with E-state index in [9.17, 15) is 0 Å². The van der Waals surface area contributed by atoms with E-state index < -0.39 is 0 Å². The summed E-state index contributed by atoms with van der Waals surface area (Å²) in [6.45, 7) is 11.8. The smallest absolute Gasteiger partial charge is 0.138 e. The van der Waals surface area contributed by atoms with Crippen molar-refractivity contribution in [2.75, 3.05) is 6.54 Å². The molecule has 0 fully saturated rings. The number of aromatic nitrogens is 1. The SMILES string of the molecule is CC1=CC(C)CC(CNC(C)c2c(C)noc2C)C1. The third-order valence-electron chi connectivity index (χ3n) is 4.12. The topological polar surface area (TPSA) is 38.1 Å². The molecule has 1 N–H and O–H groups in total. The van der Waals surface area contributed by atoms with Gasteiger partial charge >= 0.3 is 0 Å². The van der Waals surface area contributed by atoms with Gasteiger partial charge in [-0.1, -0.05) is 23.7 Å². The van der Waals surface area contributed by atoms with E-state index in [0.717, 1.165) is 29.8 Å². The van der Waals surface area contributed by atoms with Crippen LogP contribution in [-0.2, 0) is 0 Å². The summed E-state index contributed by atoms with van der Waals surface area (Å²) < 4.78 is 5.24. The fourth-order valence-corrected chi connectivity index (χ4v) is 3.40. The van der Waals surface area contributed by atoms with Crippen molar-refractivity contribution in [2.45, 2.75) is 53.5 Å². The van der Waals surface area contributed by atoms with Crippen molar-refractivity contribution >= 4 is 0 Å². The molecule has 0 amide bonds.